The first kappa shape index (κ1) is 17.0. The van der Waals surface area contributed by atoms with E-state index < -0.39 is 0 Å². The molecule has 1 aromatic heterocycles. The van der Waals surface area contributed by atoms with Crippen molar-refractivity contribution in [3.63, 3.8) is 0 Å². The van der Waals surface area contributed by atoms with Gasteiger partial charge in [0.2, 0.25) is 0 Å². The number of nitrogens with zero attached hydrogens (tertiary/aromatic N) is 1. The Morgan fingerprint density at radius 3 is 2.92 bits per heavy atom. The van der Waals surface area contributed by atoms with Crippen LogP contribution >= 0.6 is 0 Å². The van der Waals surface area contributed by atoms with Gasteiger partial charge >= 0.3 is 6.03 Å². The summed E-state index contributed by atoms with van der Waals surface area (Å²) in [6.07, 6.45) is 2.28. The molecule has 0 radical (unpaired) electrons. The van der Waals surface area contributed by atoms with Gasteiger partial charge in [0.05, 0.1) is 12.9 Å². The van der Waals surface area contributed by atoms with E-state index in [1.807, 2.05) is 18.2 Å². The summed E-state index contributed by atoms with van der Waals surface area (Å²) in [6, 6.07) is 8.87. The van der Waals surface area contributed by atoms with E-state index in [2.05, 4.69) is 10.6 Å². The van der Waals surface area contributed by atoms with E-state index in [9.17, 15) is 9.59 Å². The van der Waals surface area contributed by atoms with Crippen LogP contribution in [0.5, 0.6) is 0 Å². The molecule has 1 aliphatic rings. The number of hydrogen-bond acceptors (Lipinski definition) is 4. The quantitative estimate of drug-likeness (QED) is 0.816. The summed E-state index contributed by atoms with van der Waals surface area (Å²) in [4.78, 5) is 26.0. The van der Waals surface area contributed by atoms with E-state index in [1.54, 1.807) is 24.1 Å². The minimum absolute atomic E-state index is 0.119. The third kappa shape index (κ3) is 4.19. The van der Waals surface area contributed by atoms with Gasteiger partial charge in [0, 0.05) is 32.4 Å². The van der Waals surface area contributed by atoms with Crippen LogP contribution in [0.15, 0.2) is 41.0 Å². The molecule has 3 amide bonds. The largest absolute Gasteiger partial charge is 0.459 e. The average Bonchev–Trinajstić information content (AvgIpc) is 3.15. The summed E-state index contributed by atoms with van der Waals surface area (Å²) in [5.74, 6) is 0.224. The molecule has 2 N–H and O–H groups in total. The van der Waals surface area contributed by atoms with E-state index in [0.717, 1.165) is 12.0 Å². The number of benzene rings is 1. The van der Waals surface area contributed by atoms with Crippen molar-refractivity contribution in [1.82, 2.24) is 10.2 Å². The molecule has 0 spiro atoms. The summed E-state index contributed by atoms with van der Waals surface area (Å²) in [7, 11) is 1.58. The van der Waals surface area contributed by atoms with Gasteiger partial charge in [0.1, 0.15) is 0 Å². The molecule has 2 heterocycles. The van der Waals surface area contributed by atoms with Gasteiger partial charge in [0.25, 0.3) is 5.91 Å². The zero-order chi connectivity index (χ0) is 17.6. The highest BCUT2D eigenvalue weighted by Gasteiger charge is 2.23. The highest BCUT2D eigenvalue weighted by molar-refractivity contribution is 5.92. The van der Waals surface area contributed by atoms with E-state index in [0.29, 0.717) is 37.7 Å². The fourth-order valence-corrected chi connectivity index (χ4v) is 2.81. The van der Waals surface area contributed by atoms with Crippen molar-refractivity contribution in [2.24, 2.45) is 0 Å². The smallest absolute Gasteiger partial charge is 0.319 e. The summed E-state index contributed by atoms with van der Waals surface area (Å²) < 4.78 is 10.1. The maximum absolute atomic E-state index is 12.4. The number of urea groups is 1. The van der Waals surface area contributed by atoms with Gasteiger partial charge in [-0.15, -0.1) is 0 Å². The molecular weight excluding hydrogens is 322 g/mol. The molecule has 7 heteroatoms. The molecule has 0 aliphatic carbocycles. The van der Waals surface area contributed by atoms with Gasteiger partial charge in [-0.25, -0.2) is 4.79 Å². The number of ether oxygens (including phenoxy) is 1. The lowest BCUT2D eigenvalue weighted by atomic mass is 9.99. The molecule has 132 valence electrons. The first-order chi connectivity index (χ1) is 12.2. The molecule has 1 aliphatic heterocycles. The molecule has 0 atom stereocenters. The van der Waals surface area contributed by atoms with Crippen LogP contribution in [0.4, 0.5) is 10.5 Å². The van der Waals surface area contributed by atoms with Crippen LogP contribution in [0.3, 0.4) is 0 Å². The first-order valence-corrected chi connectivity index (χ1v) is 8.16. The number of methoxy groups -OCH3 is 1. The van der Waals surface area contributed by atoms with Crippen molar-refractivity contribution in [3.05, 3.63) is 53.5 Å². The molecule has 25 heavy (non-hydrogen) atoms. The third-order valence-electron chi connectivity index (χ3n) is 4.09. The molecular formula is C18H21N3O4. The van der Waals surface area contributed by atoms with Crippen molar-refractivity contribution in [1.29, 1.82) is 0 Å². The average molecular weight is 343 g/mol. The Labute approximate surface area is 145 Å². The highest BCUT2D eigenvalue weighted by atomic mass is 16.5. The van der Waals surface area contributed by atoms with Gasteiger partial charge in [-0.3, -0.25) is 4.79 Å². The second kappa shape index (κ2) is 7.85. The van der Waals surface area contributed by atoms with Crippen LogP contribution in [0.25, 0.3) is 0 Å². The fraction of sp³-hybridized carbons (Fsp3) is 0.333. The topological polar surface area (TPSA) is 83.8 Å². The van der Waals surface area contributed by atoms with Crippen molar-refractivity contribution in [2.75, 3.05) is 32.1 Å². The molecule has 0 fully saturated rings. The molecule has 0 bridgehead atoms. The monoisotopic (exact) mass is 343 g/mol. The van der Waals surface area contributed by atoms with E-state index >= 15 is 0 Å². The molecule has 0 saturated heterocycles. The number of carbonyl (C=O) groups is 2. The summed E-state index contributed by atoms with van der Waals surface area (Å²) >= 11 is 0. The number of fused-ring (bicyclic) bond motifs is 1. The fourth-order valence-electron chi connectivity index (χ4n) is 2.81. The first-order valence-electron chi connectivity index (χ1n) is 8.16. The zero-order valence-electron chi connectivity index (χ0n) is 14.1. The molecule has 2 aromatic rings. The number of carbonyl (C=O) groups excluding carboxylic acids is 2. The molecule has 3 rings (SSSR count). The van der Waals surface area contributed by atoms with Gasteiger partial charge in [0.15, 0.2) is 5.76 Å². The summed E-state index contributed by atoms with van der Waals surface area (Å²) in [5.41, 5.74) is 2.91. The minimum Gasteiger partial charge on any atom is -0.459 e. The lowest BCUT2D eigenvalue weighted by Gasteiger charge is -2.28. The Morgan fingerprint density at radius 2 is 2.16 bits per heavy atom. The van der Waals surface area contributed by atoms with Gasteiger partial charge in [-0.2, -0.15) is 0 Å². The number of nitrogens with one attached hydrogen (secondary N) is 2. The summed E-state index contributed by atoms with van der Waals surface area (Å²) in [6.45, 7) is 2.05. The van der Waals surface area contributed by atoms with Crippen LogP contribution in [0.2, 0.25) is 0 Å². The Hall–Kier alpha value is -2.80. The lowest BCUT2D eigenvalue weighted by molar-refractivity contribution is 0.0702. The molecule has 7 nitrogen and oxygen atoms in total. The SMILES string of the molecule is COCCNC(=O)Nc1ccc2c(c1)CN(C(=O)c1ccco1)CC2. The zero-order valence-corrected chi connectivity index (χ0v) is 14.1. The maximum atomic E-state index is 12.4. The van der Waals surface area contributed by atoms with Crippen molar-refractivity contribution in [2.45, 2.75) is 13.0 Å². The number of amides is 3. The van der Waals surface area contributed by atoms with Crippen LogP contribution in [-0.2, 0) is 17.7 Å². The Bertz CT molecular complexity index is 743. The van der Waals surface area contributed by atoms with Crippen LogP contribution in [0, 0.1) is 0 Å². The van der Waals surface area contributed by atoms with Gasteiger partial charge in [-0.1, -0.05) is 6.07 Å². The minimum atomic E-state index is -0.281. The number of anilines is 1. The van der Waals surface area contributed by atoms with E-state index in [1.165, 1.54) is 11.8 Å². The van der Waals surface area contributed by atoms with Gasteiger partial charge < -0.3 is 24.7 Å². The molecule has 0 unspecified atom stereocenters. The predicted molar refractivity (Wildman–Crippen MR) is 92.5 cm³/mol. The van der Waals surface area contributed by atoms with Gasteiger partial charge in [-0.05, 0) is 41.8 Å². The van der Waals surface area contributed by atoms with Crippen molar-refractivity contribution in [3.8, 4) is 0 Å². The number of furan rings is 1. The maximum Gasteiger partial charge on any atom is 0.319 e. The second-order valence-corrected chi connectivity index (χ2v) is 5.81. The van der Waals surface area contributed by atoms with Crippen molar-refractivity contribution >= 4 is 17.6 Å². The normalized spacial score (nSPS) is 13.2. The third-order valence-corrected chi connectivity index (χ3v) is 4.09. The van der Waals surface area contributed by atoms with Crippen LogP contribution in [-0.4, -0.2) is 43.6 Å². The predicted octanol–water partition coefficient (Wildman–Crippen LogP) is 2.25. The van der Waals surface area contributed by atoms with E-state index in [-0.39, 0.29) is 11.9 Å². The van der Waals surface area contributed by atoms with E-state index in [4.69, 9.17) is 9.15 Å². The van der Waals surface area contributed by atoms with Crippen molar-refractivity contribution < 1.29 is 18.7 Å². The van der Waals surface area contributed by atoms with Crippen LogP contribution in [0.1, 0.15) is 21.7 Å². The van der Waals surface area contributed by atoms with Crippen LogP contribution < -0.4 is 10.6 Å². The summed E-state index contributed by atoms with van der Waals surface area (Å²) in [5, 5.41) is 5.50. The molecule has 0 saturated carbocycles. The standard InChI is InChI=1S/C18H21N3O4/c1-24-10-7-19-18(23)20-15-5-4-13-6-8-21(12-14(13)11-15)17(22)16-3-2-9-25-16/h2-5,9,11H,6-8,10,12H2,1H3,(H2,19,20,23). The molecule has 1 aromatic carbocycles. The Morgan fingerprint density at radius 1 is 1.28 bits per heavy atom. The second-order valence-electron chi connectivity index (χ2n) is 5.81. The lowest BCUT2D eigenvalue weighted by Crippen LogP contribution is -2.36. The number of rotatable bonds is 5. The highest BCUT2D eigenvalue weighted by Crippen LogP contribution is 2.24. The Balaban J connectivity index is 1.65. The number of hydrogen-bond donors (Lipinski definition) is 2. The Kier molecular flexibility index (Phi) is 5.35.